The van der Waals surface area contributed by atoms with E-state index in [0.29, 0.717) is 0 Å². The van der Waals surface area contributed by atoms with E-state index in [1.54, 1.807) is 0 Å². The maximum atomic E-state index is 12.8. The molecule has 0 unspecified atom stereocenters. The zero-order valence-electron chi connectivity index (χ0n) is 5.68. The van der Waals surface area contributed by atoms with Crippen LogP contribution in [0, 0.1) is 0 Å². The molecular formula is C6H4F6. The Morgan fingerprint density at radius 2 is 1.00 bits per heavy atom. The zero-order valence-corrected chi connectivity index (χ0v) is 5.68. The molecule has 0 heterocycles. The molecule has 0 amide bonds. The van der Waals surface area contributed by atoms with Crippen molar-refractivity contribution in [2.45, 2.75) is 36.0 Å². The summed E-state index contributed by atoms with van der Waals surface area (Å²) in [6.45, 7) is 0. The van der Waals surface area contributed by atoms with E-state index in [-0.39, 0.29) is 0 Å². The second kappa shape index (κ2) is 1.48. The van der Waals surface area contributed by atoms with Crippen molar-refractivity contribution in [1.29, 1.82) is 0 Å². The van der Waals surface area contributed by atoms with Gasteiger partial charge in [-0.1, -0.05) is 0 Å². The Hall–Kier alpha value is -0.420. The lowest BCUT2D eigenvalue weighted by molar-refractivity contribution is -0.0278. The van der Waals surface area contributed by atoms with Crippen LogP contribution in [-0.2, 0) is 0 Å². The van der Waals surface area contributed by atoms with Crippen molar-refractivity contribution in [3.8, 4) is 0 Å². The molecule has 70 valence electrons. The van der Waals surface area contributed by atoms with Crippen molar-refractivity contribution in [3.05, 3.63) is 0 Å². The molecule has 0 aromatic heterocycles. The first-order valence-corrected chi connectivity index (χ1v) is 3.34. The maximum absolute atomic E-state index is 12.8. The van der Waals surface area contributed by atoms with E-state index in [2.05, 4.69) is 0 Å². The first kappa shape index (κ1) is 8.19. The molecule has 0 aromatic carbocycles. The van der Waals surface area contributed by atoms with E-state index in [4.69, 9.17) is 0 Å². The van der Waals surface area contributed by atoms with Crippen molar-refractivity contribution in [3.63, 3.8) is 0 Å². The largest absolute Gasteiger partial charge is 0.356 e. The van der Waals surface area contributed by atoms with Gasteiger partial charge in [0.1, 0.15) is 0 Å². The van der Waals surface area contributed by atoms with Gasteiger partial charge in [-0.25, -0.2) is 8.78 Å². The lowest BCUT2D eigenvalue weighted by Crippen LogP contribution is -2.30. The summed E-state index contributed by atoms with van der Waals surface area (Å²) in [5.41, 5.74) is -7.24. The van der Waals surface area contributed by atoms with Crippen molar-refractivity contribution in [2.24, 2.45) is 0 Å². The highest BCUT2D eigenvalue weighted by molar-refractivity contribution is 5.39. The van der Waals surface area contributed by atoms with E-state index < -0.39 is 36.0 Å². The van der Waals surface area contributed by atoms with Crippen LogP contribution < -0.4 is 0 Å². The van der Waals surface area contributed by atoms with E-state index >= 15 is 0 Å². The van der Waals surface area contributed by atoms with Crippen molar-refractivity contribution in [2.75, 3.05) is 0 Å². The molecule has 0 radical (unpaired) electrons. The van der Waals surface area contributed by atoms with Crippen molar-refractivity contribution < 1.29 is 26.3 Å². The summed E-state index contributed by atoms with van der Waals surface area (Å²) in [5, 5.41) is 0. The average molecular weight is 190 g/mol. The molecule has 2 rings (SSSR count). The molecule has 2 aliphatic rings. The third kappa shape index (κ3) is 0.474. The Bertz CT molecular complexity index is 226. The van der Waals surface area contributed by atoms with Crippen LogP contribution in [0.4, 0.5) is 26.3 Å². The van der Waals surface area contributed by atoms with Crippen LogP contribution in [0.5, 0.6) is 0 Å². The zero-order chi connectivity index (χ0) is 9.41. The van der Waals surface area contributed by atoms with Crippen LogP contribution in [0.1, 0.15) is 12.8 Å². The van der Waals surface area contributed by atoms with Gasteiger partial charge in [-0.3, -0.25) is 0 Å². The summed E-state index contributed by atoms with van der Waals surface area (Å²) in [4.78, 5) is 0. The fourth-order valence-electron chi connectivity index (χ4n) is 1.40. The maximum Gasteiger partial charge on any atom is 0.356 e. The lowest BCUT2D eigenvalue weighted by atomic mass is 10.2. The summed E-state index contributed by atoms with van der Waals surface area (Å²) in [5.74, 6) is -9.66. The summed E-state index contributed by atoms with van der Waals surface area (Å²) in [6, 6.07) is 0. The van der Waals surface area contributed by atoms with Gasteiger partial charge >= 0.3 is 11.8 Å². The molecule has 0 nitrogen and oxygen atoms in total. The van der Waals surface area contributed by atoms with Crippen LogP contribution in [0.2, 0.25) is 0 Å². The molecule has 2 fully saturated rings. The molecule has 6 heteroatoms. The monoisotopic (exact) mass is 190 g/mol. The number of hydrogen-bond donors (Lipinski definition) is 0. The van der Waals surface area contributed by atoms with E-state index in [1.165, 1.54) is 0 Å². The molecule has 0 atom stereocenters. The summed E-state index contributed by atoms with van der Waals surface area (Å²) in [7, 11) is 0. The molecule has 0 spiro atoms. The Morgan fingerprint density at radius 3 is 1.08 bits per heavy atom. The van der Waals surface area contributed by atoms with Crippen molar-refractivity contribution >= 4 is 0 Å². The molecule has 0 bridgehead atoms. The molecule has 0 aromatic rings. The molecule has 0 aliphatic heterocycles. The second-order valence-corrected chi connectivity index (χ2v) is 3.27. The predicted octanol–water partition coefficient (Wildman–Crippen LogP) is 2.48. The van der Waals surface area contributed by atoms with Crippen LogP contribution in [-0.4, -0.2) is 23.2 Å². The topological polar surface area (TPSA) is 0 Å². The fourth-order valence-corrected chi connectivity index (χ4v) is 1.40. The van der Waals surface area contributed by atoms with Crippen LogP contribution in [0.15, 0.2) is 0 Å². The SMILES string of the molecule is FC1(C2(F)C(F)(F)C2(F)F)CC1. The average Bonchev–Trinajstić information content (AvgIpc) is 2.73. The third-order valence-corrected chi connectivity index (χ3v) is 2.50. The number of rotatable bonds is 1. The van der Waals surface area contributed by atoms with Crippen LogP contribution >= 0.6 is 0 Å². The van der Waals surface area contributed by atoms with Crippen molar-refractivity contribution in [1.82, 2.24) is 0 Å². The Labute approximate surface area is 63.5 Å². The van der Waals surface area contributed by atoms with Gasteiger partial charge in [0.05, 0.1) is 0 Å². The van der Waals surface area contributed by atoms with Gasteiger partial charge in [0.15, 0.2) is 5.67 Å². The highest BCUT2D eigenvalue weighted by Gasteiger charge is 3.06. The molecule has 0 saturated heterocycles. The predicted molar refractivity (Wildman–Crippen MR) is 26.8 cm³/mol. The summed E-state index contributed by atoms with van der Waals surface area (Å²) >= 11 is 0. The molecule has 0 N–H and O–H groups in total. The minimum Gasteiger partial charge on any atom is -0.240 e. The third-order valence-electron chi connectivity index (χ3n) is 2.50. The minimum atomic E-state index is -4.83. The van der Waals surface area contributed by atoms with Gasteiger partial charge < -0.3 is 0 Å². The first-order valence-electron chi connectivity index (χ1n) is 3.34. The van der Waals surface area contributed by atoms with E-state index in [1.807, 2.05) is 0 Å². The molecular weight excluding hydrogens is 186 g/mol. The lowest BCUT2D eigenvalue weighted by Gasteiger charge is -2.07. The second-order valence-electron chi connectivity index (χ2n) is 3.27. The Balaban J connectivity index is 2.38. The van der Waals surface area contributed by atoms with E-state index in [0.717, 1.165) is 0 Å². The van der Waals surface area contributed by atoms with Gasteiger partial charge in [-0.05, 0) is 12.8 Å². The Kier molecular flexibility index (Phi) is 1.01. The van der Waals surface area contributed by atoms with Crippen LogP contribution in [0.3, 0.4) is 0 Å². The first-order chi connectivity index (χ1) is 5.21. The molecule has 2 saturated carbocycles. The smallest absolute Gasteiger partial charge is 0.240 e. The Morgan fingerprint density at radius 1 is 0.667 bits per heavy atom. The molecule has 12 heavy (non-hydrogen) atoms. The normalized spacial score (nSPS) is 37.5. The van der Waals surface area contributed by atoms with Crippen LogP contribution in [0.25, 0.3) is 0 Å². The van der Waals surface area contributed by atoms with Gasteiger partial charge in [0.2, 0.25) is 0 Å². The fraction of sp³-hybridized carbons (Fsp3) is 1.00. The number of halogens is 6. The molecule has 2 aliphatic carbocycles. The number of hydrogen-bond acceptors (Lipinski definition) is 0. The quantitative estimate of drug-likeness (QED) is 0.557. The summed E-state index contributed by atoms with van der Waals surface area (Å²) < 4.78 is 74.0. The number of alkyl halides is 6. The van der Waals surface area contributed by atoms with Gasteiger partial charge in [0.25, 0.3) is 5.67 Å². The van der Waals surface area contributed by atoms with Gasteiger partial charge in [0, 0.05) is 0 Å². The highest BCUT2D eigenvalue weighted by Crippen LogP contribution is 2.77. The van der Waals surface area contributed by atoms with Gasteiger partial charge in [-0.15, -0.1) is 0 Å². The standard InChI is InChI=1S/C6H4F6/c7-3(1-2-3)4(8)5(9,10)6(4,11)12/h1-2H2. The van der Waals surface area contributed by atoms with E-state index in [9.17, 15) is 26.3 Å². The summed E-state index contributed by atoms with van der Waals surface area (Å²) in [6.07, 6.45) is -1.09. The highest BCUT2D eigenvalue weighted by atomic mass is 19.3. The minimum absolute atomic E-state index is 0.547. The van der Waals surface area contributed by atoms with Gasteiger partial charge in [-0.2, -0.15) is 17.6 Å².